The molecule has 0 saturated carbocycles. The van der Waals surface area contributed by atoms with Crippen molar-refractivity contribution in [3.8, 4) is 0 Å². The molecule has 0 aliphatic rings. The Kier molecular flexibility index (Phi) is 9.58. The van der Waals surface area contributed by atoms with Gasteiger partial charge in [0.2, 0.25) is 11.8 Å². The van der Waals surface area contributed by atoms with Crippen molar-refractivity contribution in [2.45, 2.75) is 0 Å². The molecule has 0 bridgehead atoms. The fraction of sp³-hybridized carbons (Fsp3) is 0.200. The number of rotatable bonds is 9. The van der Waals surface area contributed by atoms with Crippen LogP contribution in [0.5, 0.6) is 0 Å². The van der Waals surface area contributed by atoms with Gasteiger partial charge in [0, 0.05) is 28.7 Å². The van der Waals surface area contributed by atoms with Gasteiger partial charge in [-0.1, -0.05) is 34.8 Å². The lowest BCUT2D eigenvalue weighted by molar-refractivity contribution is -0.125. The van der Waals surface area contributed by atoms with Crippen molar-refractivity contribution in [2.24, 2.45) is 0 Å². The Morgan fingerprint density at radius 1 is 0.645 bits per heavy atom. The number of hydrogen-bond acceptors (Lipinski definition) is 4. The van der Waals surface area contributed by atoms with Gasteiger partial charge in [-0.25, -0.2) is 0 Å². The van der Waals surface area contributed by atoms with E-state index in [1.165, 1.54) is 18.2 Å². The van der Waals surface area contributed by atoms with Crippen LogP contribution in [0.15, 0.2) is 42.5 Å². The number of nitrogens with one attached hydrogen (secondary N) is 4. The molecule has 2 rings (SSSR count). The van der Waals surface area contributed by atoms with Crippen LogP contribution in [0.1, 0.15) is 20.7 Å². The van der Waals surface area contributed by atoms with E-state index in [9.17, 15) is 19.2 Å². The number of carbonyl (C=O) groups excluding carboxylic acids is 4. The number of benzene rings is 2. The predicted octanol–water partition coefficient (Wildman–Crippen LogP) is 2.04. The van der Waals surface area contributed by atoms with Gasteiger partial charge < -0.3 is 21.3 Å². The normalized spacial score (nSPS) is 10.2. The maximum Gasteiger partial charge on any atom is 0.253 e. The van der Waals surface area contributed by atoms with Gasteiger partial charge in [-0.2, -0.15) is 0 Å². The van der Waals surface area contributed by atoms with E-state index in [0.717, 1.165) is 0 Å². The molecule has 164 valence electrons. The minimum absolute atomic E-state index is 0.160. The molecule has 0 aromatic heterocycles. The van der Waals surface area contributed by atoms with Crippen molar-refractivity contribution >= 4 is 58.4 Å². The molecule has 0 aliphatic carbocycles. The fourth-order valence-electron chi connectivity index (χ4n) is 2.31. The first kappa shape index (κ1) is 24.5. The maximum atomic E-state index is 12.0. The second kappa shape index (κ2) is 12.1. The number of halogens is 3. The second-order valence-corrected chi connectivity index (χ2v) is 7.48. The first-order valence-electron chi connectivity index (χ1n) is 9.06. The van der Waals surface area contributed by atoms with Crippen LogP contribution in [0.2, 0.25) is 15.1 Å². The molecule has 0 spiro atoms. The van der Waals surface area contributed by atoms with Gasteiger partial charge in [-0.05, 0) is 42.5 Å². The second-order valence-electron chi connectivity index (χ2n) is 6.20. The van der Waals surface area contributed by atoms with Crippen molar-refractivity contribution in [1.29, 1.82) is 0 Å². The van der Waals surface area contributed by atoms with Crippen LogP contribution in [0, 0.1) is 0 Å². The third-order valence-electron chi connectivity index (χ3n) is 3.87. The van der Waals surface area contributed by atoms with Gasteiger partial charge in [0.15, 0.2) is 0 Å². The van der Waals surface area contributed by atoms with Gasteiger partial charge in [-0.15, -0.1) is 0 Å². The molecular weight excluding hydrogens is 467 g/mol. The van der Waals surface area contributed by atoms with E-state index in [-0.39, 0.29) is 42.7 Å². The van der Waals surface area contributed by atoms with E-state index in [1.807, 2.05) is 0 Å². The summed E-state index contributed by atoms with van der Waals surface area (Å²) in [6, 6.07) is 10.7. The largest absolute Gasteiger partial charge is 0.353 e. The maximum absolute atomic E-state index is 12.0. The van der Waals surface area contributed by atoms with Crippen LogP contribution >= 0.6 is 34.8 Å². The molecular formula is C20H19Cl3N4O4. The van der Waals surface area contributed by atoms with Gasteiger partial charge in [-0.3, -0.25) is 19.2 Å². The van der Waals surface area contributed by atoms with E-state index in [4.69, 9.17) is 34.8 Å². The number of hydrogen-bond donors (Lipinski definition) is 4. The highest BCUT2D eigenvalue weighted by molar-refractivity contribution is 6.36. The average Bonchev–Trinajstić information content (AvgIpc) is 2.74. The molecule has 2 aromatic carbocycles. The molecule has 0 radical (unpaired) electrons. The summed E-state index contributed by atoms with van der Waals surface area (Å²) in [5, 5.41) is 11.0. The quantitative estimate of drug-likeness (QED) is 0.407. The van der Waals surface area contributed by atoms with Crippen molar-refractivity contribution in [2.75, 3.05) is 26.2 Å². The molecule has 0 atom stereocenters. The monoisotopic (exact) mass is 484 g/mol. The molecule has 0 fully saturated rings. The Labute approximate surface area is 193 Å². The SMILES string of the molecule is O=C(CNC(=O)CNC(=O)c1ccc(Cl)cc1Cl)NCCNC(=O)c1ccc(Cl)cc1. The van der Waals surface area contributed by atoms with E-state index >= 15 is 0 Å². The van der Waals surface area contributed by atoms with Crippen molar-refractivity contribution in [1.82, 2.24) is 21.3 Å². The highest BCUT2D eigenvalue weighted by atomic mass is 35.5. The third kappa shape index (κ3) is 8.45. The van der Waals surface area contributed by atoms with Gasteiger partial charge in [0.05, 0.1) is 23.7 Å². The van der Waals surface area contributed by atoms with Crippen molar-refractivity contribution in [3.63, 3.8) is 0 Å². The zero-order chi connectivity index (χ0) is 22.8. The molecule has 4 N–H and O–H groups in total. The molecule has 31 heavy (non-hydrogen) atoms. The molecule has 8 nitrogen and oxygen atoms in total. The van der Waals surface area contributed by atoms with E-state index in [2.05, 4.69) is 21.3 Å². The first-order chi connectivity index (χ1) is 14.8. The van der Waals surface area contributed by atoms with Gasteiger partial charge in [0.25, 0.3) is 11.8 Å². The summed E-state index contributed by atoms with van der Waals surface area (Å²) in [5.74, 6) is -1.83. The summed E-state index contributed by atoms with van der Waals surface area (Å²) >= 11 is 17.5. The molecule has 4 amide bonds. The average molecular weight is 486 g/mol. The third-order valence-corrected chi connectivity index (χ3v) is 4.67. The lowest BCUT2D eigenvalue weighted by Gasteiger charge is -2.09. The molecule has 0 unspecified atom stereocenters. The summed E-state index contributed by atoms with van der Waals surface area (Å²) in [7, 11) is 0. The molecule has 0 saturated heterocycles. The molecule has 0 aliphatic heterocycles. The summed E-state index contributed by atoms with van der Waals surface area (Å²) in [5.41, 5.74) is 0.627. The topological polar surface area (TPSA) is 116 Å². The zero-order valence-electron chi connectivity index (χ0n) is 16.1. The summed E-state index contributed by atoms with van der Waals surface area (Å²) < 4.78 is 0. The summed E-state index contributed by atoms with van der Waals surface area (Å²) in [6.45, 7) is -0.220. The highest BCUT2D eigenvalue weighted by Gasteiger charge is 2.12. The van der Waals surface area contributed by atoms with Crippen molar-refractivity contribution < 1.29 is 19.2 Å². The van der Waals surface area contributed by atoms with E-state index in [0.29, 0.717) is 15.6 Å². The van der Waals surface area contributed by atoms with Crippen LogP contribution in [0.4, 0.5) is 0 Å². The Morgan fingerprint density at radius 2 is 1.23 bits per heavy atom. The zero-order valence-corrected chi connectivity index (χ0v) is 18.4. The number of carbonyl (C=O) groups is 4. The standard InChI is InChI=1S/C20H19Cl3N4O4/c21-13-3-1-12(2-4-13)19(30)25-8-7-24-17(28)10-26-18(29)11-27-20(31)15-6-5-14(22)9-16(15)23/h1-6,9H,7-8,10-11H2,(H,24,28)(H,25,30)(H,26,29)(H,27,31). The van der Waals surface area contributed by atoms with Crippen LogP contribution in [0.25, 0.3) is 0 Å². The minimum atomic E-state index is -0.551. The lowest BCUT2D eigenvalue weighted by Crippen LogP contribution is -2.43. The van der Waals surface area contributed by atoms with E-state index < -0.39 is 17.7 Å². The Hall–Kier alpha value is -2.81. The molecule has 11 heteroatoms. The number of amides is 4. The summed E-state index contributed by atoms with van der Waals surface area (Å²) in [6.07, 6.45) is 0. The van der Waals surface area contributed by atoms with Gasteiger partial charge in [0.1, 0.15) is 0 Å². The Balaban J connectivity index is 1.61. The van der Waals surface area contributed by atoms with E-state index in [1.54, 1.807) is 24.3 Å². The van der Waals surface area contributed by atoms with Crippen molar-refractivity contribution in [3.05, 3.63) is 68.7 Å². The van der Waals surface area contributed by atoms with Gasteiger partial charge >= 0.3 is 0 Å². The lowest BCUT2D eigenvalue weighted by atomic mass is 10.2. The highest BCUT2D eigenvalue weighted by Crippen LogP contribution is 2.20. The predicted molar refractivity (Wildman–Crippen MR) is 119 cm³/mol. The smallest absolute Gasteiger partial charge is 0.253 e. The Morgan fingerprint density at radius 3 is 1.90 bits per heavy atom. The fourth-order valence-corrected chi connectivity index (χ4v) is 2.93. The minimum Gasteiger partial charge on any atom is -0.353 e. The molecule has 2 aromatic rings. The van der Waals surface area contributed by atoms with Crippen LogP contribution in [-0.2, 0) is 9.59 Å². The van der Waals surface area contributed by atoms with Crippen LogP contribution in [0.3, 0.4) is 0 Å². The first-order valence-corrected chi connectivity index (χ1v) is 10.2. The summed E-state index contributed by atoms with van der Waals surface area (Å²) in [4.78, 5) is 47.5. The molecule has 0 heterocycles. The van der Waals surface area contributed by atoms with Crippen LogP contribution < -0.4 is 21.3 Å². The van der Waals surface area contributed by atoms with Crippen LogP contribution in [-0.4, -0.2) is 49.8 Å². The Bertz CT molecular complexity index is 967.